The Morgan fingerprint density at radius 1 is 1.00 bits per heavy atom. The number of hydrogen-bond acceptors (Lipinski definition) is 3. The standard InChI is InChI=1S/C16H21NOS/c1-16(2,3)17-11-14-9-10-15(19-14)12-18-13-7-5-4-6-8-13/h4-10,17H,11-12H2,1-3H3. The maximum absolute atomic E-state index is 5.74. The zero-order valence-electron chi connectivity index (χ0n) is 11.8. The summed E-state index contributed by atoms with van der Waals surface area (Å²) in [4.78, 5) is 2.61. The third-order valence-electron chi connectivity index (χ3n) is 2.63. The minimum atomic E-state index is 0.157. The van der Waals surface area contributed by atoms with Gasteiger partial charge in [-0.3, -0.25) is 0 Å². The van der Waals surface area contributed by atoms with Gasteiger partial charge in [0.1, 0.15) is 12.4 Å². The summed E-state index contributed by atoms with van der Waals surface area (Å²) in [5.41, 5.74) is 0.157. The van der Waals surface area contributed by atoms with Crippen molar-refractivity contribution >= 4 is 11.3 Å². The smallest absolute Gasteiger partial charge is 0.122 e. The van der Waals surface area contributed by atoms with Crippen LogP contribution in [-0.4, -0.2) is 5.54 Å². The fraction of sp³-hybridized carbons (Fsp3) is 0.375. The second kappa shape index (κ2) is 6.22. The quantitative estimate of drug-likeness (QED) is 0.882. The Balaban J connectivity index is 1.84. The van der Waals surface area contributed by atoms with Crippen LogP contribution in [0.2, 0.25) is 0 Å². The molecular formula is C16H21NOS. The molecule has 0 saturated carbocycles. The van der Waals surface area contributed by atoms with Crippen LogP contribution in [0.5, 0.6) is 5.75 Å². The summed E-state index contributed by atoms with van der Waals surface area (Å²) < 4.78 is 5.74. The van der Waals surface area contributed by atoms with Crippen molar-refractivity contribution in [1.82, 2.24) is 5.32 Å². The van der Waals surface area contributed by atoms with Crippen molar-refractivity contribution < 1.29 is 4.74 Å². The summed E-state index contributed by atoms with van der Waals surface area (Å²) in [7, 11) is 0. The maximum atomic E-state index is 5.74. The van der Waals surface area contributed by atoms with Crippen molar-refractivity contribution in [3.8, 4) is 5.75 Å². The van der Waals surface area contributed by atoms with Gasteiger partial charge in [0.25, 0.3) is 0 Å². The van der Waals surface area contributed by atoms with E-state index in [0.29, 0.717) is 6.61 Å². The van der Waals surface area contributed by atoms with Crippen molar-refractivity contribution in [2.24, 2.45) is 0 Å². The van der Waals surface area contributed by atoms with Crippen LogP contribution in [0.3, 0.4) is 0 Å². The molecule has 1 heterocycles. The van der Waals surface area contributed by atoms with Crippen LogP contribution < -0.4 is 10.1 Å². The molecule has 1 aromatic carbocycles. The first-order chi connectivity index (χ1) is 9.03. The van der Waals surface area contributed by atoms with Gasteiger partial charge in [0.2, 0.25) is 0 Å². The van der Waals surface area contributed by atoms with Crippen molar-refractivity contribution in [1.29, 1.82) is 0 Å². The minimum Gasteiger partial charge on any atom is -0.488 e. The number of nitrogens with one attached hydrogen (secondary N) is 1. The molecule has 2 rings (SSSR count). The third-order valence-corrected chi connectivity index (χ3v) is 3.69. The van der Waals surface area contributed by atoms with Crippen molar-refractivity contribution in [3.05, 3.63) is 52.2 Å². The Kier molecular flexibility index (Phi) is 4.61. The lowest BCUT2D eigenvalue weighted by atomic mass is 10.1. The Labute approximate surface area is 119 Å². The molecule has 1 N–H and O–H groups in total. The third kappa shape index (κ3) is 5.05. The molecule has 2 nitrogen and oxygen atoms in total. The molecule has 0 aliphatic heterocycles. The van der Waals surface area contributed by atoms with E-state index >= 15 is 0 Å². The van der Waals surface area contributed by atoms with Gasteiger partial charge in [0, 0.05) is 21.8 Å². The fourth-order valence-electron chi connectivity index (χ4n) is 1.62. The van der Waals surface area contributed by atoms with E-state index in [4.69, 9.17) is 4.74 Å². The summed E-state index contributed by atoms with van der Waals surface area (Å²) in [6.45, 7) is 8.10. The first-order valence-corrected chi connectivity index (χ1v) is 7.35. The second-order valence-electron chi connectivity index (χ2n) is 5.57. The van der Waals surface area contributed by atoms with Gasteiger partial charge in [-0.2, -0.15) is 0 Å². The monoisotopic (exact) mass is 275 g/mol. The Hall–Kier alpha value is -1.32. The Morgan fingerprint density at radius 3 is 2.37 bits per heavy atom. The maximum Gasteiger partial charge on any atom is 0.122 e. The largest absolute Gasteiger partial charge is 0.488 e. The molecule has 0 radical (unpaired) electrons. The highest BCUT2D eigenvalue weighted by molar-refractivity contribution is 7.11. The summed E-state index contributed by atoms with van der Waals surface area (Å²) in [5.74, 6) is 0.922. The predicted octanol–water partition coefficient (Wildman–Crippen LogP) is 4.22. The molecule has 0 unspecified atom stereocenters. The van der Waals surface area contributed by atoms with Crippen LogP contribution in [0.25, 0.3) is 0 Å². The number of ether oxygens (including phenoxy) is 1. The molecule has 0 atom stereocenters. The molecule has 0 saturated heterocycles. The number of rotatable bonds is 5. The van der Waals surface area contributed by atoms with E-state index in [2.05, 4.69) is 38.2 Å². The molecule has 1 aromatic heterocycles. The van der Waals surface area contributed by atoms with Gasteiger partial charge in [0.15, 0.2) is 0 Å². The van der Waals surface area contributed by atoms with Gasteiger partial charge in [-0.1, -0.05) is 18.2 Å². The number of hydrogen-bond donors (Lipinski definition) is 1. The fourth-order valence-corrected chi connectivity index (χ4v) is 2.49. The van der Waals surface area contributed by atoms with E-state index < -0.39 is 0 Å². The SMILES string of the molecule is CC(C)(C)NCc1ccc(COc2ccccc2)s1. The highest BCUT2D eigenvalue weighted by Crippen LogP contribution is 2.19. The van der Waals surface area contributed by atoms with Crippen LogP contribution >= 0.6 is 11.3 Å². The van der Waals surface area contributed by atoms with E-state index in [1.54, 1.807) is 11.3 Å². The molecule has 0 bridgehead atoms. The Morgan fingerprint density at radius 2 is 1.68 bits per heavy atom. The zero-order chi connectivity index (χ0) is 13.7. The van der Waals surface area contributed by atoms with Gasteiger partial charge >= 0.3 is 0 Å². The van der Waals surface area contributed by atoms with Gasteiger partial charge < -0.3 is 10.1 Å². The summed E-state index contributed by atoms with van der Waals surface area (Å²) >= 11 is 1.81. The van der Waals surface area contributed by atoms with E-state index in [1.807, 2.05) is 30.3 Å². The predicted molar refractivity (Wildman–Crippen MR) is 81.7 cm³/mol. The molecule has 2 aromatic rings. The average Bonchev–Trinajstić information content (AvgIpc) is 2.82. The highest BCUT2D eigenvalue weighted by Gasteiger charge is 2.09. The average molecular weight is 275 g/mol. The zero-order valence-corrected chi connectivity index (χ0v) is 12.6. The van der Waals surface area contributed by atoms with Crippen LogP contribution in [0.15, 0.2) is 42.5 Å². The number of para-hydroxylation sites is 1. The molecule has 0 fully saturated rings. The molecule has 102 valence electrons. The first-order valence-electron chi connectivity index (χ1n) is 6.53. The van der Waals surface area contributed by atoms with Crippen LogP contribution in [0, 0.1) is 0 Å². The van der Waals surface area contributed by atoms with Gasteiger partial charge in [-0.25, -0.2) is 0 Å². The van der Waals surface area contributed by atoms with E-state index in [1.165, 1.54) is 9.75 Å². The van der Waals surface area contributed by atoms with Crippen molar-refractivity contribution in [3.63, 3.8) is 0 Å². The summed E-state index contributed by atoms with van der Waals surface area (Å²) in [6, 6.07) is 14.3. The molecule has 0 spiro atoms. The van der Waals surface area contributed by atoms with Crippen molar-refractivity contribution in [2.75, 3.05) is 0 Å². The van der Waals surface area contributed by atoms with Gasteiger partial charge in [-0.15, -0.1) is 11.3 Å². The van der Waals surface area contributed by atoms with E-state index in [0.717, 1.165) is 12.3 Å². The van der Waals surface area contributed by atoms with E-state index in [9.17, 15) is 0 Å². The van der Waals surface area contributed by atoms with Gasteiger partial charge in [0.05, 0.1) is 0 Å². The number of benzene rings is 1. The summed E-state index contributed by atoms with van der Waals surface area (Å²) in [6.07, 6.45) is 0. The van der Waals surface area contributed by atoms with Crippen LogP contribution in [-0.2, 0) is 13.2 Å². The lowest BCUT2D eigenvalue weighted by molar-refractivity contribution is 0.310. The normalized spacial score (nSPS) is 11.5. The van der Waals surface area contributed by atoms with E-state index in [-0.39, 0.29) is 5.54 Å². The molecule has 19 heavy (non-hydrogen) atoms. The molecule has 0 amide bonds. The van der Waals surface area contributed by atoms with Crippen LogP contribution in [0.1, 0.15) is 30.5 Å². The van der Waals surface area contributed by atoms with Gasteiger partial charge in [-0.05, 0) is 45.0 Å². The second-order valence-corrected chi connectivity index (χ2v) is 6.83. The molecule has 0 aliphatic carbocycles. The summed E-state index contributed by atoms with van der Waals surface area (Å²) in [5, 5.41) is 3.49. The Bertz CT molecular complexity index is 499. The molecule has 0 aliphatic rings. The topological polar surface area (TPSA) is 21.3 Å². The highest BCUT2D eigenvalue weighted by atomic mass is 32.1. The van der Waals surface area contributed by atoms with Crippen molar-refractivity contribution in [2.45, 2.75) is 39.5 Å². The number of thiophene rings is 1. The molecule has 3 heteroatoms. The molecular weight excluding hydrogens is 254 g/mol. The van der Waals surface area contributed by atoms with Crippen LogP contribution in [0.4, 0.5) is 0 Å². The lowest BCUT2D eigenvalue weighted by Gasteiger charge is -2.19. The minimum absolute atomic E-state index is 0.157. The lowest BCUT2D eigenvalue weighted by Crippen LogP contribution is -2.34. The first kappa shape index (κ1) is 14.1.